The van der Waals surface area contributed by atoms with E-state index < -0.39 is 49.6 Å². The molecule has 0 aromatic carbocycles. The molecule has 0 saturated carbocycles. The van der Waals surface area contributed by atoms with Crippen molar-refractivity contribution in [2.75, 3.05) is 6.79 Å². The normalized spacial score (nSPS) is 30.7. The van der Waals surface area contributed by atoms with Gasteiger partial charge in [0.1, 0.15) is 0 Å². The van der Waals surface area contributed by atoms with Gasteiger partial charge in [0, 0.05) is 44.9 Å². The van der Waals surface area contributed by atoms with Gasteiger partial charge in [0.05, 0.1) is 0 Å². The van der Waals surface area contributed by atoms with Crippen LogP contribution >= 0.6 is 0 Å². The fourth-order valence-electron chi connectivity index (χ4n) is 6.65. The maximum Gasteiger partial charge on any atom is 0.297 e. The zero-order chi connectivity index (χ0) is 44.6. The summed E-state index contributed by atoms with van der Waals surface area (Å²) in [5.74, 6) is -5.58. The van der Waals surface area contributed by atoms with Crippen molar-refractivity contribution in [3.8, 4) is 0 Å². The van der Waals surface area contributed by atoms with Gasteiger partial charge in [-0.25, -0.2) is 0 Å². The van der Waals surface area contributed by atoms with Crippen LogP contribution < -0.4 is 0 Å². The first kappa shape index (κ1) is 54.1. The fraction of sp³-hybridized carbons (Fsp3) is 0.725. The zero-order valence-corrected chi connectivity index (χ0v) is 39.5. The quantitative estimate of drug-likeness (QED) is 0.0702. The molecule has 8 unspecified atom stereocenters. The molecule has 0 aromatic rings. The van der Waals surface area contributed by atoms with Crippen molar-refractivity contribution in [1.29, 1.82) is 0 Å². The lowest BCUT2D eigenvalue weighted by molar-refractivity contribution is -0.608. The Labute approximate surface area is 375 Å². The van der Waals surface area contributed by atoms with E-state index in [4.69, 9.17) is 52.1 Å². The molecule has 5 aliphatic rings. The summed E-state index contributed by atoms with van der Waals surface area (Å²) in [4.78, 5) is 0. The monoisotopic (exact) mass is 873 g/mol. The Bertz CT molecular complexity index is 1360. The molecule has 5 rings (SSSR count). The molecular weight excluding hydrogens is 789 g/mol. The number of hydrogen-bond acceptors (Lipinski definition) is 11. The Hall–Kier alpha value is -2.26. The van der Waals surface area contributed by atoms with Gasteiger partial charge in [0.25, 0.3) is 24.4 Å². The highest BCUT2D eigenvalue weighted by Gasteiger charge is 2.54. The molecule has 11 nitrogen and oxygen atoms in total. The van der Waals surface area contributed by atoms with Crippen LogP contribution in [0.5, 0.6) is 0 Å². The smallest absolute Gasteiger partial charge is 0.297 e. The van der Waals surface area contributed by atoms with Gasteiger partial charge >= 0.3 is 0 Å². The van der Waals surface area contributed by atoms with Crippen molar-refractivity contribution in [2.24, 2.45) is 0 Å². The first-order chi connectivity index (χ1) is 30.3. The highest BCUT2D eigenvalue weighted by Crippen LogP contribution is 2.42. The Morgan fingerprint density at radius 3 is 1.15 bits per heavy atom. The van der Waals surface area contributed by atoms with Gasteiger partial charge in [-0.1, -0.05) is 178 Å². The van der Waals surface area contributed by atoms with E-state index in [2.05, 4.69) is 109 Å². The summed E-state index contributed by atoms with van der Waals surface area (Å²) in [6, 6.07) is 0. The Kier molecular flexibility index (Phi) is 28.3. The van der Waals surface area contributed by atoms with Gasteiger partial charge in [0.15, 0.2) is 32.0 Å². The predicted octanol–water partition coefficient (Wildman–Crippen LogP) is 13.9. The van der Waals surface area contributed by atoms with E-state index in [0.29, 0.717) is 25.7 Å². The fourth-order valence-corrected chi connectivity index (χ4v) is 6.65. The van der Waals surface area contributed by atoms with Crippen molar-refractivity contribution >= 4 is 0 Å². The van der Waals surface area contributed by atoms with Crippen molar-refractivity contribution in [2.45, 2.75) is 233 Å². The first-order valence-corrected chi connectivity index (χ1v) is 24.2. The van der Waals surface area contributed by atoms with Crippen LogP contribution in [0, 0.1) is 0 Å². The van der Waals surface area contributed by atoms with Crippen molar-refractivity contribution in [3.05, 3.63) is 85.1 Å². The SMILES string of the molecule is CCC/C=C/CC1OC(C/C=C/CCC)OC2(C/C=C/CCC)OC3OCOC(C/C=C/CCC)(OC(C/C=C/CCC)OC(C/C=C/CCC)(O1)OC(C/C=C/CCC)O3)O2. The Morgan fingerprint density at radius 2 is 0.694 bits per heavy atom. The van der Waals surface area contributed by atoms with Crippen LogP contribution in [0.1, 0.15) is 183 Å². The molecule has 62 heavy (non-hydrogen) atoms. The van der Waals surface area contributed by atoms with E-state index >= 15 is 0 Å². The van der Waals surface area contributed by atoms with Crippen LogP contribution in [0.4, 0.5) is 0 Å². The largest absolute Gasteiger partial charge is 0.323 e. The summed E-state index contributed by atoms with van der Waals surface area (Å²) in [6.45, 7) is 13.3. The number of allylic oxidation sites excluding steroid dienone is 7. The molecule has 0 radical (unpaired) electrons. The van der Waals surface area contributed by atoms with Crippen LogP contribution in [0.25, 0.3) is 0 Å². The van der Waals surface area contributed by atoms with Gasteiger partial charge in [-0.3, -0.25) is 42.6 Å². The molecule has 0 aromatic heterocycles. The lowest BCUT2D eigenvalue weighted by atomic mass is 10.2. The van der Waals surface area contributed by atoms with Crippen LogP contribution in [0.15, 0.2) is 85.1 Å². The average Bonchev–Trinajstić information content (AvgIpc) is 3.24. The summed E-state index contributed by atoms with van der Waals surface area (Å²) in [7, 11) is 0. The molecule has 0 amide bonds. The maximum absolute atomic E-state index is 7.17. The molecule has 0 spiro atoms. The van der Waals surface area contributed by atoms with Crippen LogP contribution in [-0.4, -0.2) is 56.3 Å². The van der Waals surface area contributed by atoms with Gasteiger partial charge in [-0.05, 0) is 44.9 Å². The second-order valence-electron chi connectivity index (χ2n) is 15.9. The topological polar surface area (TPSA) is 102 Å². The van der Waals surface area contributed by atoms with E-state index in [9.17, 15) is 0 Å². The molecule has 354 valence electrons. The number of ether oxygens (including phenoxy) is 11. The van der Waals surface area contributed by atoms with Crippen LogP contribution in [0.2, 0.25) is 0 Å². The predicted molar refractivity (Wildman–Crippen MR) is 245 cm³/mol. The second-order valence-corrected chi connectivity index (χ2v) is 15.9. The summed E-state index contributed by atoms with van der Waals surface area (Å²) < 4.78 is 76.2. The van der Waals surface area contributed by atoms with E-state index in [0.717, 1.165) is 89.9 Å². The summed E-state index contributed by atoms with van der Waals surface area (Å²) in [5.41, 5.74) is 0. The van der Waals surface area contributed by atoms with Gasteiger partial charge in [-0.15, -0.1) is 0 Å². The Morgan fingerprint density at radius 1 is 0.355 bits per heavy atom. The average molecular weight is 873 g/mol. The number of hydrogen-bond donors (Lipinski definition) is 0. The van der Waals surface area contributed by atoms with Gasteiger partial charge in [0.2, 0.25) is 0 Å². The van der Waals surface area contributed by atoms with E-state index in [1.54, 1.807) is 0 Å². The molecule has 0 aliphatic carbocycles. The van der Waals surface area contributed by atoms with Crippen molar-refractivity contribution in [3.63, 3.8) is 0 Å². The molecule has 5 aliphatic heterocycles. The van der Waals surface area contributed by atoms with Crippen molar-refractivity contribution < 1.29 is 52.1 Å². The molecule has 4 bridgehead atoms. The third kappa shape index (κ3) is 21.2. The number of unbranched alkanes of at least 4 members (excludes halogenated alkanes) is 7. The van der Waals surface area contributed by atoms with E-state index in [1.165, 1.54) is 0 Å². The van der Waals surface area contributed by atoms with Crippen LogP contribution in [0.3, 0.4) is 0 Å². The molecule has 0 N–H and O–H groups in total. The standard InChI is InChI=1S/C51H84O11/c1-8-15-22-29-36-44-54-45(37-30-23-16-9-2)58-51(42-35-28-21-14-7)61-48-52-43-53-49(62-51,40-33-26-19-12-5)59-47(39-32-25-18-11-4)60-50(56-44,41-34-27-20-13-6)57-46(55-48)38-31-24-17-10-3/h22-35,44-48H,8-21,36-43H2,1-7H3/b29-22+,30-23+,31-24+,32-25+,33-26+,34-27+,35-28+. The van der Waals surface area contributed by atoms with Crippen molar-refractivity contribution in [1.82, 2.24) is 0 Å². The minimum Gasteiger partial charge on any atom is -0.323 e. The summed E-state index contributed by atoms with van der Waals surface area (Å²) >= 11 is 0. The molecular formula is C51H84O11. The molecule has 5 fully saturated rings. The minimum absolute atomic E-state index is 0.111. The minimum atomic E-state index is -1.93. The van der Waals surface area contributed by atoms with Gasteiger partial charge < -0.3 is 9.47 Å². The first-order valence-electron chi connectivity index (χ1n) is 24.2. The molecule has 5 heterocycles. The second kappa shape index (κ2) is 32.4. The number of rotatable bonds is 28. The lowest BCUT2D eigenvalue weighted by Gasteiger charge is -2.49. The van der Waals surface area contributed by atoms with E-state index in [-0.39, 0.29) is 26.1 Å². The molecule has 5 saturated heterocycles. The number of fused-ring (bicyclic) bond motifs is 6. The van der Waals surface area contributed by atoms with Gasteiger partial charge in [-0.2, -0.15) is 0 Å². The molecule has 8 atom stereocenters. The summed E-state index contributed by atoms with van der Waals surface area (Å²) in [5, 5.41) is 0. The van der Waals surface area contributed by atoms with E-state index in [1.807, 2.05) is 24.3 Å². The highest BCUT2D eigenvalue weighted by atomic mass is 17.1. The Balaban J connectivity index is 2.44. The maximum atomic E-state index is 7.17. The zero-order valence-electron chi connectivity index (χ0n) is 39.5. The lowest BCUT2D eigenvalue weighted by Crippen LogP contribution is -2.60. The molecule has 11 heteroatoms. The highest BCUT2D eigenvalue weighted by molar-refractivity contribution is 4.93. The third-order valence-corrected chi connectivity index (χ3v) is 9.96. The third-order valence-electron chi connectivity index (χ3n) is 9.96. The van der Waals surface area contributed by atoms with Crippen LogP contribution in [-0.2, 0) is 52.1 Å². The summed E-state index contributed by atoms with van der Waals surface area (Å²) in [6.07, 6.45) is 40.0.